The molecule has 1 amide bonds. The fourth-order valence-corrected chi connectivity index (χ4v) is 2.49. The summed E-state index contributed by atoms with van der Waals surface area (Å²) in [7, 11) is 0. The van der Waals surface area contributed by atoms with E-state index in [1.807, 2.05) is 6.07 Å². The van der Waals surface area contributed by atoms with Gasteiger partial charge in [0.1, 0.15) is 0 Å². The van der Waals surface area contributed by atoms with Crippen LogP contribution in [0.2, 0.25) is 0 Å². The highest BCUT2D eigenvalue weighted by Gasteiger charge is 2.19. The summed E-state index contributed by atoms with van der Waals surface area (Å²) in [6.07, 6.45) is 9.25. The van der Waals surface area contributed by atoms with Crippen molar-refractivity contribution in [3.8, 4) is 0 Å². The van der Waals surface area contributed by atoms with Crippen molar-refractivity contribution in [2.24, 2.45) is 5.92 Å². The molecule has 0 heterocycles. The predicted molar refractivity (Wildman–Crippen MR) is 78.8 cm³/mol. The first-order valence-electron chi connectivity index (χ1n) is 7.25. The Hall–Kier alpha value is -1.57. The summed E-state index contributed by atoms with van der Waals surface area (Å²) in [5, 5.41) is 3.15. The molecule has 1 N–H and O–H groups in total. The Balaban J connectivity index is 1.73. The third-order valence-corrected chi connectivity index (χ3v) is 3.74. The molecule has 2 unspecified atom stereocenters. The third-order valence-electron chi connectivity index (χ3n) is 3.74. The van der Waals surface area contributed by atoms with Gasteiger partial charge in [0.15, 0.2) is 0 Å². The SMILES string of the molecule is CC(CCc1ccccc1)NC(=O)C1CC=CCC1. The van der Waals surface area contributed by atoms with Gasteiger partial charge in [0.2, 0.25) is 5.91 Å². The minimum absolute atomic E-state index is 0.184. The summed E-state index contributed by atoms with van der Waals surface area (Å²) in [5.41, 5.74) is 1.34. The molecular weight excluding hydrogens is 234 g/mol. The van der Waals surface area contributed by atoms with Crippen molar-refractivity contribution in [1.82, 2.24) is 5.32 Å². The predicted octanol–water partition coefficient (Wildman–Crippen LogP) is 3.48. The molecule has 0 saturated carbocycles. The Morgan fingerprint density at radius 2 is 2.11 bits per heavy atom. The highest BCUT2D eigenvalue weighted by molar-refractivity contribution is 5.79. The molecule has 19 heavy (non-hydrogen) atoms. The van der Waals surface area contributed by atoms with Gasteiger partial charge in [0.05, 0.1) is 0 Å². The van der Waals surface area contributed by atoms with E-state index in [0.717, 1.165) is 32.1 Å². The Morgan fingerprint density at radius 3 is 2.79 bits per heavy atom. The Morgan fingerprint density at radius 1 is 1.32 bits per heavy atom. The Labute approximate surface area is 115 Å². The molecule has 0 saturated heterocycles. The molecule has 1 aromatic carbocycles. The zero-order valence-corrected chi connectivity index (χ0v) is 11.6. The molecule has 0 spiro atoms. The quantitative estimate of drug-likeness (QED) is 0.804. The molecule has 0 aliphatic heterocycles. The van der Waals surface area contributed by atoms with Crippen LogP contribution in [0.5, 0.6) is 0 Å². The zero-order valence-electron chi connectivity index (χ0n) is 11.6. The molecule has 2 nitrogen and oxygen atoms in total. The van der Waals surface area contributed by atoms with E-state index in [4.69, 9.17) is 0 Å². The Bertz CT molecular complexity index is 424. The van der Waals surface area contributed by atoms with Crippen LogP contribution in [0, 0.1) is 5.92 Å². The summed E-state index contributed by atoms with van der Waals surface area (Å²) < 4.78 is 0. The first kappa shape index (κ1) is 13.9. The normalized spacial score (nSPS) is 19.9. The lowest BCUT2D eigenvalue weighted by Crippen LogP contribution is -2.37. The van der Waals surface area contributed by atoms with Gasteiger partial charge in [-0.3, -0.25) is 4.79 Å². The average molecular weight is 257 g/mol. The lowest BCUT2D eigenvalue weighted by atomic mass is 9.93. The maximum Gasteiger partial charge on any atom is 0.223 e. The van der Waals surface area contributed by atoms with Crippen LogP contribution < -0.4 is 5.32 Å². The second-order valence-electron chi connectivity index (χ2n) is 5.42. The summed E-state index contributed by atoms with van der Waals surface area (Å²) in [5.74, 6) is 0.411. The van der Waals surface area contributed by atoms with Crippen molar-refractivity contribution in [3.05, 3.63) is 48.0 Å². The van der Waals surface area contributed by atoms with E-state index in [9.17, 15) is 4.79 Å². The van der Waals surface area contributed by atoms with E-state index in [2.05, 4.69) is 48.7 Å². The lowest BCUT2D eigenvalue weighted by Gasteiger charge is -2.20. The fourth-order valence-electron chi connectivity index (χ4n) is 2.49. The van der Waals surface area contributed by atoms with Crippen LogP contribution in [-0.2, 0) is 11.2 Å². The van der Waals surface area contributed by atoms with Crippen molar-refractivity contribution in [2.45, 2.75) is 45.1 Å². The van der Waals surface area contributed by atoms with Gasteiger partial charge < -0.3 is 5.32 Å². The maximum atomic E-state index is 12.1. The van der Waals surface area contributed by atoms with Crippen LogP contribution in [0.25, 0.3) is 0 Å². The number of carbonyl (C=O) groups is 1. The summed E-state index contributed by atoms with van der Waals surface area (Å²) in [4.78, 5) is 12.1. The summed E-state index contributed by atoms with van der Waals surface area (Å²) in [6.45, 7) is 2.10. The molecule has 102 valence electrons. The van der Waals surface area contributed by atoms with Gasteiger partial charge in [-0.25, -0.2) is 0 Å². The van der Waals surface area contributed by atoms with Gasteiger partial charge in [-0.15, -0.1) is 0 Å². The van der Waals surface area contributed by atoms with E-state index in [1.165, 1.54) is 5.56 Å². The number of aryl methyl sites for hydroxylation is 1. The van der Waals surface area contributed by atoms with E-state index >= 15 is 0 Å². The van der Waals surface area contributed by atoms with Gasteiger partial charge in [0, 0.05) is 12.0 Å². The van der Waals surface area contributed by atoms with Crippen molar-refractivity contribution in [1.29, 1.82) is 0 Å². The molecule has 2 rings (SSSR count). The van der Waals surface area contributed by atoms with E-state index in [1.54, 1.807) is 0 Å². The highest BCUT2D eigenvalue weighted by atomic mass is 16.1. The number of carbonyl (C=O) groups excluding carboxylic acids is 1. The number of hydrogen-bond acceptors (Lipinski definition) is 1. The molecule has 0 bridgehead atoms. The molecule has 0 radical (unpaired) electrons. The second kappa shape index (κ2) is 7.13. The van der Waals surface area contributed by atoms with Gasteiger partial charge in [0.25, 0.3) is 0 Å². The molecule has 0 aromatic heterocycles. The van der Waals surface area contributed by atoms with Crippen LogP contribution in [0.1, 0.15) is 38.2 Å². The van der Waals surface area contributed by atoms with Crippen LogP contribution in [0.4, 0.5) is 0 Å². The minimum Gasteiger partial charge on any atom is -0.353 e. The number of hydrogen-bond donors (Lipinski definition) is 1. The van der Waals surface area contributed by atoms with Crippen LogP contribution in [0.3, 0.4) is 0 Å². The monoisotopic (exact) mass is 257 g/mol. The minimum atomic E-state index is 0.184. The second-order valence-corrected chi connectivity index (χ2v) is 5.42. The number of allylic oxidation sites excluding steroid dienone is 2. The number of amides is 1. The Kier molecular flexibility index (Phi) is 5.20. The lowest BCUT2D eigenvalue weighted by molar-refractivity contribution is -0.125. The molecule has 1 aliphatic rings. The van der Waals surface area contributed by atoms with Gasteiger partial charge in [-0.2, -0.15) is 0 Å². The van der Waals surface area contributed by atoms with Crippen molar-refractivity contribution < 1.29 is 4.79 Å². The maximum absolute atomic E-state index is 12.1. The van der Waals surface area contributed by atoms with Crippen molar-refractivity contribution in [3.63, 3.8) is 0 Å². The molecule has 0 fully saturated rings. The smallest absolute Gasteiger partial charge is 0.223 e. The van der Waals surface area contributed by atoms with Crippen molar-refractivity contribution in [2.75, 3.05) is 0 Å². The van der Waals surface area contributed by atoms with E-state index in [-0.39, 0.29) is 17.9 Å². The first-order chi connectivity index (χ1) is 9.25. The molecule has 2 atom stereocenters. The fraction of sp³-hybridized carbons (Fsp3) is 0.471. The first-order valence-corrected chi connectivity index (χ1v) is 7.25. The van der Waals surface area contributed by atoms with Gasteiger partial charge in [-0.1, -0.05) is 42.5 Å². The zero-order chi connectivity index (χ0) is 13.5. The van der Waals surface area contributed by atoms with Gasteiger partial charge >= 0.3 is 0 Å². The van der Waals surface area contributed by atoms with Crippen molar-refractivity contribution >= 4 is 5.91 Å². The number of nitrogens with one attached hydrogen (secondary N) is 1. The average Bonchev–Trinajstić information content (AvgIpc) is 2.47. The topological polar surface area (TPSA) is 29.1 Å². The highest BCUT2D eigenvalue weighted by Crippen LogP contribution is 2.18. The van der Waals surface area contributed by atoms with Gasteiger partial charge in [-0.05, 0) is 44.6 Å². The standard InChI is InChI=1S/C17H23NO/c1-14(12-13-15-8-4-2-5-9-15)18-17(19)16-10-6-3-7-11-16/h2-6,8-9,14,16H,7,10-13H2,1H3,(H,18,19). The van der Waals surface area contributed by atoms with Crippen LogP contribution in [-0.4, -0.2) is 11.9 Å². The van der Waals surface area contributed by atoms with E-state index in [0.29, 0.717) is 0 Å². The number of benzene rings is 1. The molecule has 2 heteroatoms. The molecular formula is C17H23NO. The molecule has 1 aromatic rings. The van der Waals surface area contributed by atoms with Crippen LogP contribution in [0.15, 0.2) is 42.5 Å². The van der Waals surface area contributed by atoms with E-state index < -0.39 is 0 Å². The largest absolute Gasteiger partial charge is 0.353 e. The molecule has 1 aliphatic carbocycles. The third kappa shape index (κ3) is 4.55. The summed E-state index contributed by atoms with van der Waals surface area (Å²) >= 11 is 0. The summed E-state index contributed by atoms with van der Waals surface area (Å²) in [6, 6.07) is 10.7. The van der Waals surface area contributed by atoms with Crippen LogP contribution >= 0.6 is 0 Å². The number of rotatable bonds is 5.